The van der Waals surface area contributed by atoms with E-state index in [0.29, 0.717) is 0 Å². The number of aromatic nitrogens is 2. The van der Waals surface area contributed by atoms with E-state index in [1.54, 1.807) is 17.5 Å². The predicted octanol–water partition coefficient (Wildman–Crippen LogP) is 2.83. The normalized spacial score (nSPS) is 17.3. The lowest BCUT2D eigenvalue weighted by Gasteiger charge is -2.34. The van der Waals surface area contributed by atoms with Crippen LogP contribution in [-0.4, -0.2) is 46.0 Å². The monoisotopic (exact) mass is 376 g/mol. The molecule has 1 aliphatic heterocycles. The molecule has 1 aliphatic rings. The highest BCUT2D eigenvalue weighted by Gasteiger charge is 2.27. The van der Waals surface area contributed by atoms with Crippen molar-refractivity contribution >= 4 is 42.1 Å². The lowest BCUT2D eigenvalue weighted by molar-refractivity contribution is 0.0655. The van der Waals surface area contributed by atoms with Crippen molar-refractivity contribution in [2.45, 2.75) is 26.8 Å². The molecule has 3 rings (SSSR count). The standard InChI is InChI=1S/C15H20N4OS.2ClH/c1-10-8-13(12(3)19(10)15-17-5-7-21-15)14(20)18-6-4-16-9-11(18)2;;/h5,7-8,11,16H,4,6,9H2,1-3H3;2*1H/t11-;;/m0../s1. The Hall–Kier alpha value is -1.08. The second-order valence-electron chi connectivity index (χ2n) is 5.49. The van der Waals surface area contributed by atoms with E-state index in [2.05, 4.69) is 21.8 Å². The van der Waals surface area contributed by atoms with E-state index in [4.69, 9.17) is 0 Å². The molecule has 23 heavy (non-hydrogen) atoms. The lowest BCUT2D eigenvalue weighted by Crippen LogP contribution is -2.52. The van der Waals surface area contributed by atoms with Gasteiger partial charge >= 0.3 is 0 Å². The molecule has 2 aromatic heterocycles. The summed E-state index contributed by atoms with van der Waals surface area (Å²) in [6.07, 6.45) is 1.79. The van der Waals surface area contributed by atoms with Gasteiger partial charge in [-0.2, -0.15) is 0 Å². The number of amides is 1. The van der Waals surface area contributed by atoms with Crippen LogP contribution in [0.1, 0.15) is 28.7 Å². The number of rotatable bonds is 2. The zero-order valence-corrected chi connectivity index (χ0v) is 15.9. The van der Waals surface area contributed by atoms with E-state index >= 15 is 0 Å². The van der Waals surface area contributed by atoms with Gasteiger partial charge in [0.1, 0.15) is 0 Å². The minimum absolute atomic E-state index is 0. The number of nitrogens with one attached hydrogen (secondary N) is 1. The summed E-state index contributed by atoms with van der Waals surface area (Å²) in [6.45, 7) is 8.59. The van der Waals surface area contributed by atoms with Crippen molar-refractivity contribution in [3.63, 3.8) is 0 Å². The summed E-state index contributed by atoms with van der Waals surface area (Å²) >= 11 is 1.58. The fourth-order valence-corrected chi connectivity index (χ4v) is 3.65. The average molecular weight is 377 g/mol. The minimum Gasteiger partial charge on any atom is -0.333 e. The van der Waals surface area contributed by atoms with Crippen LogP contribution in [0.3, 0.4) is 0 Å². The summed E-state index contributed by atoms with van der Waals surface area (Å²) in [5.41, 5.74) is 2.81. The number of piperazine rings is 1. The van der Waals surface area contributed by atoms with Gasteiger partial charge in [-0.15, -0.1) is 36.2 Å². The maximum absolute atomic E-state index is 12.8. The van der Waals surface area contributed by atoms with Crippen molar-refractivity contribution in [2.75, 3.05) is 19.6 Å². The maximum Gasteiger partial charge on any atom is 0.256 e. The first-order chi connectivity index (χ1) is 10.1. The first-order valence-corrected chi connectivity index (χ1v) is 8.08. The molecule has 0 bridgehead atoms. The molecule has 2 aromatic rings. The predicted molar refractivity (Wildman–Crippen MR) is 98.8 cm³/mol. The second-order valence-corrected chi connectivity index (χ2v) is 6.36. The third-order valence-corrected chi connectivity index (χ3v) is 4.79. The van der Waals surface area contributed by atoms with Gasteiger partial charge in [-0.1, -0.05) is 0 Å². The molecule has 0 spiro atoms. The Balaban J connectivity index is 0.00000132. The molecule has 5 nitrogen and oxygen atoms in total. The molecule has 1 atom stereocenters. The number of thiazole rings is 1. The molecule has 0 radical (unpaired) electrons. The van der Waals surface area contributed by atoms with Crippen LogP contribution < -0.4 is 5.32 Å². The van der Waals surface area contributed by atoms with E-state index < -0.39 is 0 Å². The first-order valence-electron chi connectivity index (χ1n) is 7.20. The largest absolute Gasteiger partial charge is 0.333 e. The van der Waals surface area contributed by atoms with Crippen molar-refractivity contribution < 1.29 is 4.79 Å². The van der Waals surface area contributed by atoms with Crippen LogP contribution in [0.4, 0.5) is 0 Å². The number of hydrogen-bond donors (Lipinski definition) is 1. The first kappa shape index (κ1) is 20.0. The average Bonchev–Trinajstić information content (AvgIpc) is 3.07. The molecule has 1 amide bonds. The Morgan fingerprint density at radius 3 is 2.74 bits per heavy atom. The fraction of sp³-hybridized carbons (Fsp3) is 0.467. The molecular formula is C15H22Cl2N4OS. The van der Waals surface area contributed by atoms with Crippen LogP contribution in [0.2, 0.25) is 0 Å². The third kappa shape index (κ3) is 3.71. The van der Waals surface area contributed by atoms with Crippen molar-refractivity contribution in [2.24, 2.45) is 0 Å². The Morgan fingerprint density at radius 2 is 2.13 bits per heavy atom. The number of hydrogen-bond acceptors (Lipinski definition) is 4. The van der Waals surface area contributed by atoms with Gasteiger partial charge in [0.25, 0.3) is 5.91 Å². The van der Waals surface area contributed by atoms with Gasteiger partial charge in [-0.3, -0.25) is 9.36 Å². The summed E-state index contributed by atoms with van der Waals surface area (Å²) in [7, 11) is 0. The Labute approximate surface area is 152 Å². The van der Waals surface area contributed by atoms with Crippen LogP contribution in [0, 0.1) is 13.8 Å². The van der Waals surface area contributed by atoms with Gasteiger partial charge in [0, 0.05) is 48.6 Å². The highest BCUT2D eigenvalue weighted by Crippen LogP contribution is 2.24. The van der Waals surface area contributed by atoms with Gasteiger partial charge in [-0.05, 0) is 26.8 Å². The fourth-order valence-electron chi connectivity index (χ4n) is 2.90. The smallest absolute Gasteiger partial charge is 0.256 e. The number of nitrogens with zero attached hydrogens (tertiary/aromatic N) is 3. The van der Waals surface area contributed by atoms with Crippen LogP contribution in [0.5, 0.6) is 0 Å². The molecule has 1 saturated heterocycles. The van der Waals surface area contributed by atoms with E-state index in [0.717, 1.165) is 41.7 Å². The summed E-state index contributed by atoms with van der Waals surface area (Å²) < 4.78 is 2.06. The number of carbonyl (C=O) groups excluding carboxylic acids is 1. The second kappa shape index (κ2) is 8.15. The number of carbonyl (C=O) groups is 1. The summed E-state index contributed by atoms with van der Waals surface area (Å²) in [5, 5.41) is 6.18. The number of aryl methyl sites for hydroxylation is 1. The molecule has 0 aliphatic carbocycles. The van der Waals surface area contributed by atoms with Crippen molar-refractivity contribution in [3.8, 4) is 5.13 Å². The van der Waals surface area contributed by atoms with Crippen molar-refractivity contribution in [1.29, 1.82) is 0 Å². The van der Waals surface area contributed by atoms with Crippen molar-refractivity contribution in [3.05, 3.63) is 34.6 Å². The lowest BCUT2D eigenvalue weighted by atomic mass is 10.1. The Kier molecular flexibility index (Phi) is 7.07. The molecule has 1 N–H and O–H groups in total. The summed E-state index contributed by atoms with van der Waals surface area (Å²) in [4.78, 5) is 19.2. The van der Waals surface area contributed by atoms with Crippen molar-refractivity contribution in [1.82, 2.24) is 19.8 Å². The molecule has 1 fully saturated rings. The van der Waals surface area contributed by atoms with E-state index in [1.807, 2.05) is 30.2 Å². The Bertz CT molecular complexity index is 657. The van der Waals surface area contributed by atoms with Gasteiger partial charge in [0.15, 0.2) is 5.13 Å². The SMILES string of the molecule is Cc1cc(C(=O)N2CCNC[C@@H]2C)c(C)n1-c1nccs1.Cl.Cl. The molecule has 0 aromatic carbocycles. The van der Waals surface area contributed by atoms with Gasteiger partial charge in [0.2, 0.25) is 0 Å². The van der Waals surface area contributed by atoms with Gasteiger partial charge in [0.05, 0.1) is 5.56 Å². The molecule has 128 valence electrons. The molecule has 8 heteroatoms. The van der Waals surface area contributed by atoms with E-state index in [-0.39, 0.29) is 36.8 Å². The zero-order valence-electron chi connectivity index (χ0n) is 13.4. The topological polar surface area (TPSA) is 50.2 Å². The molecular weight excluding hydrogens is 355 g/mol. The van der Waals surface area contributed by atoms with E-state index in [1.165, 1.54) is 0 Å². The summed E-state index contributed by atoms with van der Waals surface area (Å²) in [6, 6.07) is 2.21. The van der Waals surface area contributed by atoms with Crippen LogP contribution in [-0.2, 0) is 0 Å². The van der Waals surface area contributed by atoms with Crippen LogP contribution in [0.15, 0.2) is 17.6 Å². The van der Waals surface area contributed by atoms with Gasteiger partial charge < -0.3 is 10.2 Å². The third-order valence-electron chi connectivity index (χ3n) is 4.03. The highest BCUT2D eigenvalue weighted by atomic mass is 35.5. The van der Waals surface area contributed by atoms with E-state index in [9.17, 15) is 4.79 Å². The van der Waals surface area contributed by atoms with Crippen LogP contribution in [0.25, 0.3) is 5.13 Å². The zero-order chi connectivity index (χ0) is 15.0. The Morgan fingerprint density at radius 1 is 1.39 bits per heavy atom. The van der Waals surface area contributed by atoms with Crippen LogP contribution >= 0.6 is 36.2 Å². The number of halogens is 2. The minimum atomic E-state index is 0. The highest BCUT2D eigenvalue weighted by molar-refractivity contribution is 7.12. The molecule has 0 unspecified atom stereocenters. The molecule has 3 heterocycles. The maximum atomic E-state index is 12.8. The molecule has 0 saturated carbocycles. The quantitative estimate of drug-likeness (QED) is 0.876. The van der Waals surface area contributed by atoms with Gasteiger partial charge in [-0.25, -0.2) is 4.98 Å². The summed E-state index contributed by atoms with van der Waals surface area (Å²) in [5.74, 6) is 0.125.